The standard InChI is InChI=1S/C20H12/c1-2-6-14-10-18-17(9-13(14)5-1)19-11-15-7-3-4-8-16(15)12-20(18)19/h1-12H. The van der Waals surface area contributed by atoms with Gasteiger partial charge < -0.3 is 0 Å². The number of fused-ring (bicyclic) bond motifs is 6. The zero-order valence-corrected chi connectivity index (χ0v) is 10.9. The van der Waals surface area contributed by atoms with Gasteiger partial charge >= 0.3 is 0 Å². The van der Waals surface area contributed by atoms with Gasteiger partial charge in [-0.05, 0) is 68.1 Å². The molecule has 1 aliphatic rings. The lowest BCUT2D eigenvalue weighted by molar-refractivity contribution is 1.57. The highest BCUT2D eigenvalue weighted by atomic mass is 14.3. The first-order chi connectivity index (χ1) is 9.90. The van der Waals surface area contributed by atoms with Crippen LogP contribution >= 0.6 is 0 Å². The Balaban J connectivity index is 1.85. The molecule has 0 nitrogen and oxygen atoms in total. The van der Waals surface area contributed by atoms with Crippen molar-refractivity contribution < 1.29 is 0 Å². The van der Waals surface area contributed by atoms with E-state index in [-0.39, 0.29) is 0 Å². The quantitative estimate of drug-likeness (QED) is 0.334. The molecule has 0 N–H and O–H groups in total. The Morgan fingerprint density at radius 3 is 0.850 bits per heavy atom. The van der Waals surface area contributed by atoms with Crippen molar-refractivity contribution in [1.82, 2.24) is 0 Å². The summed E-state index contributed by atoms with van der Waals surface area (Å²) in [6, 6.07) is 26.5. The van der Waals surface area contributed by atoms with Crippen LogP contribution in [0.25, 0.3) is 43.8 Å². The Hall–Kier alpha value is -2.60. The minimum atomic E-state index is 1.32. The molecule has 5 rings (SSSR count). The van der Waals surface area contributed by atoms with Crippen molar-refractivity contribution in [2.45, 2.75) is 0 Å². The molecule has 0 heterocycles. The van der Waals surface area contributed by atoms with Crippen LogP contribution in [0.5, 0.6) is 0 Å². The van der Waals surface area contributed by atoms with Crippen molar-refractivity contribution in [2.24, 2.45) is 0 Å². The maximum atomic E-state index is 2.32. The Bertz CT molecular complexity index is 814. The summed E-state index contributed by atoms with van der Waals surface area (Å²) in [5.41, 5.74) is 5.57. The van der Waals surface area contributed by atoms with E-state index in [2.05, 4.69) is 72.8 Å². The highest BCUT2D eigenvalue weighted by molar-refractivity contribution is 6.11. The fourth-order valence-electron chi connectivity index (χ4n) is 3.31. The van der Waals surface area contributed by atoms with Gasteiger partial charge in [-0.2, -0.15) is 0 Å². The van der Waals surface area contributed by atoms with Crippen LogP contribution < -0.4 is 0 Å². The van der Waals surface area contributed by atoms with Gasteiger partial charge in [0, 0.05) is 0 Å². The van der Waals surface area contributed by atoms with Gasteiger partial charge in [-0.1, -0.05) is 48.5 Å². The molecule has 0 radical (unpaired) electrons. The summed E-state index contributed by atoms with van der Waals surface area (Å²) in [5.74, 6) is 0. The molecule has 0 fully saturated rings. The van der Waals surface area contributed by atoms with Crippen molar-refractivity contribution in [3.05, 3.63) is 72.8 Å². The molecule has 4 aromatic carbocycles. The van der Waals surface area contributed by atoms with Gasteiger partial charge in [0.05, 0.1) is 0 Å². The fraction of sp³-hybridized carbons (Fsp3) is 0. The summed E-state index contributed by atoms with van der Waals surface area (Å²) >= 11 is 0. The third kappa shape index (κ3) is 1.21. The molecule has 0 heteroatoms. The molecule has 1 aliphatic carbocycles. The van der Waals surface area contributed by atoms with Crippen molar-refractivity contribution >= 4 is 21.5 Å². The molecular formula is C20H12. The first kappa shape index (κ1) is 10.2. The first-order valence-electron chi connectivity index (χ1n) is 6.96. The maximum absolute atomic E-state index is 2.32. The number of hydrogen-bond acceptors (Lipinski definition) is 0. The average Bonchev–Trinajstić information content (AvgIpc) is 2.52. The molecule has 0 unspecified atom stereocenters. The van der Waals surface area contributed by atoms with E-state index in [4.69, 9.17) is 0 Å². The highest BCUT2D eigenvalue weighted by Crippen LogP contribution is 2.50. The van der Waals surface area contributed by atoms with E-state index >= 15 is 0 Å². The van der Waals surface area contributed by atoms with Gasteiger partial charge in [0.25, 0.3) is 0 Å². The van der Waals surface area contributed by atoms with Crippen molar-refractivity contribution in [3.8, 4) is 22.3 Å². The molecule has 0 saturated heterocycles. The predicted molar refractivity (Wildman–Crippen MR) is 85.9 cm³/mol. The van der Waals surface area contributed by atoms with Crippen molar-refractivity contribution in [2.75, 3.05) is 0 Å². The number of rotatable bonds is 0. The third-order valence-corrected chi connectivity index (χ3v) is 4.35. The van der Waals surface area contributed by atoms with Crippen LogP contribution in [0.2, 0.25) is 0 Å². The van der Waals surface area contributed by atoms with Gasteiger partial charge in [-0.25, -0.2) is 0 Å². The van der Waals surface area contributed by atoms with Gasteiger partial charge in [0.2, 0.25) is 0 Å². The van der Waals surface area contributed by atoms with Gasteiger partial charge in [0.15, 0.2) is 0 Å². The fourth-order valence-corrected chi connectivity index (χ4v) is 3.31. The van der Waals surface area contributed by atoms with E-state index in [1.807, 2.05) is 0 Å². The molecule has 0 aromatic heterocycles. The largest absolute Gasteiger partial charge is 0.0616 e. The van der Waals surface area contributed by atoms with Crippen LogP contribution in [0.3, 0.4) is 0 Å². The Labute approximate surface area is 117 Å². The van der Waals surface area contributed by atoms with Crippen molar-refractivity contribution in [3.63, 3.8) is 0 Å². The summed E-state index contributed by atoms with van der Waals surface area (Å²) < 4.78 is 0. The van der Waals surface area contributed by atoms with Gasteiger partial charge in [-0.3, -0.25) is 0 Å². The lowest BCUT2D eigenvalue weighted by Crippen LogP contribution is -1.98. The van der Waals surface area contributed by atoms with E-state index < -0.39 is 0 Å². The summed E-state index contributed by atoms with van der Waals surface area (Å²) in [4.78, 5) is 0. The van der Waals surface area contributed by atoms with Crippen LogP contribution in [0.1, 0.15) is 0 Å². The minimum Gasteiger partial charge on any atom is -0.0616 e. The lowest BCUT2D eigenvalue weighted by atomic mass is 9.78. The third-order valence-electron chi connectivity index (χ3n) is 4.35. The van der Waals surface area contributed by atoms with Crippen LogP contribution in [0.4, 0.5) is 0 Å². The molecule has 0 amide bonds. The number of benzene rings is 4. The molecule has 0 saturated carbocycles. The highest BCUT2D eigenvalue weighted by Gasteiger charge is 2.23. The predicted octanol–water partition coefficient (Wildman–Crippen LogP) is 5.64. The van der Waals surface area contributed by atoms with E-state index in [0.717, 1.165) is 0 Å². The van der Waals surface area contributed by atoms with Gasteiger partial charge in [-0.15, -0.1) is 0 Å². The second-order valence-electron chi connectivity index (χ2n) is 5.49. The zero-order valence-electron chi connectivity index (χ0n) is 10.9. The SMILES string of the molecule is c1ccc2cc3c(cc2c1)-c1cc2ccccc2cc1-3. The second kappa shape index (κ2) is 3.49. The Morgan fingerprint density at radius 1 is 0.350 bits per heavy atom. The zero-order chi connectivity index (χ0) is 13.1. The van der Waals surface area contributed by atoms with E-state index in [1.165, 1.54) is 43.8 Å². The minimum absolute atomic E-state index is 1.32. The van der Waals surface area contributed by atoms with E-state index in [0.29, 0.717) is 0 Å². The smallest absolute Gasteiger partial charge is 0.00923 e. The maximum Gasteiger partial charge on any atom is -0.00923 e. The molecule has 0 atom stereocenters. The summed E-state index contributed by atoms with van der Waals surface area (Å²) in [5, 5.41) is 5.30. The van der Waals surface area contributed by atoms with Gasteiger partial charge in [0.1, 0.15) is 0 Å². The van der Waals surface area contributed by atoms with Crippen molar-refractivity contribution in [1.29, 1.82) is 0 Å². The van der Waals surface area contributed by atoms with Crippen LogP contribution in [0.15, 0.2) is 72.8 Å². The number of hydrogen-bond donors (Lipinski definition) is 0. The normalized spacial score (nSPS) is 12.0. The lowest BCUT2D eigenvalue weighted by Gasteiger charge is -2.25. The van der Waals surface area contributed by atoms with E-state index in [9.17, 15) is 0 Å². The van der Waals surface area contributed by atoms with Crippen LogP contribution in [-0.2, 0) is 0 Å². The average molecular weight is 252 g/mol. The summed E-state index contributed by atoms with van der Waals surface area (Å²) in [7, 11) is 0. The molecule has 0 spiro atoms. The molecular weight excluding hydrogens is 240 g/mol. The molecule has 0 bridgehead atoms. The second-order valence-corrected chi connectivity index (χ2v) is 5.49. The molecule has 4 aromatic rings. The molecule has 20 heavy (non-hydrogen) atoms. The Kier molecular flexibility index (Phi) is 1.78. The monoisotopic (exact) mass is 252 g/mol. The van der Waals surface area contributed by atoms with Crippen LogP contribution in [-0.4, -0.2) is 0 Å². The van der Waals surface area contributed by atoms with E-state index in [1.54, 1.807) is 0 Å². The molecule has 0 aliphatic heterocycles. The van der Waals surface area contributed by atoms with Crippen LogP contribution in [0, 0.1) is 0 Å². The first-order valence-corrected chi connectivity index (χ1v) is 6.96. The Morgan fingerprint density at radius 2 is 0.600 bits per heavy atom. The topological polar surface area (TPSA) is 0 Å². The summed E-state index contributed by atoms with van der Waals surface area (Å²) in [6.45, 7) is 0. The summed E-state index contributed by atoms with van der Waals surface area (Å²) in [6.07, 6.45) is 0. The molecule has 92 valence electrons.